The van der Waals surface area contributed by atoms with E-state index in [1.807, 2.05) is 21.1 Å². The van der Waals surface area contributed by atoms with Gasteiger partial charge >= 0.3 is 11.9 Å². The monoisotopic (exact) mass is 396 g/mol. The third-order valence-corrected chi connectivity index (χ3v) is 4.28. The molecule has 28 heavy (non-hydrogen) atoms. The van der Waals surface area contributed by atoms with Gasteiger partial charge in [0.1, 0.15) is 6.54 Å². The molecule has 0 aromatic heterocycles. The number of hydrogen-bond acceptors (Lipinski definition) is 3. The molecule has 0 aromatic rings. The molecule has 0 radical (unpaired) electrons. The highest BCUT2D eigenvalue weighted by Gasteiger charge is 2.24. The molecule has 0 aliphatic carbocycles. The number of esters is 1. The Kier molecular flexibility index (Phi) is 15.4. The fourth-order valence-electron chi connectivity index (χ4n) is 2.92. The van der Waals surface area contributed by atoms with Gasteiger partial charge < -0.3 is 14.3 Å². The van der Waals surface area contributed by atoms with E-state index < -0.39 is 12.1 Å². The van der Waals surface area contributed by atoms with Crippen LogP contribution < -0.4 is 0 Å². The van der Waals surface area contributed by atoms with Crippen LogP contribution in [0.4, 0.5) is 0 Å². The first kappa shape index (κ1) is 26.4. The Bertz CT molecular complexity index is 477. The first-order valence-electron chi connectivity index (χ1n) is 10.8. The summed E-state index contributed by atoms with van der Waals surface area (Å²) in [7, 11) is 5.87. The normalized spacial score (nSPS) is 13.3. The molecule has 0 aliphatic heterocycles. The van der Waals surface area contributed by atoms with E-state index in [9.17, 15) is 9.59 Å². The van der Waals surface area contributed by atoms with Gasteiger partial charge in [0, 0.05) is 6.42 Å². The number of carboxylic acid groups (broad SMARTS) is 1. The molecule has 1 atom stereocenters. The molecule has 0 bridgehead atoms. The average molecular weight is 397 g/mol. The van der Waals surface area contributed by atoms with Crippen molar-refractivity contribution in [3.63, 3.8) is 0 Å². The lowest BCUT2D eigenvalue weighted by molar-refractivity contribution is -0.873. The zero-order valence-electron chi connectivity index (χ0n) is 18.5. The predicted octanol–water partition coefficient (Wildman–Crippen LogP) is 5.11. The van der Waals surface area contributed by atoms with Crippen molar-refractivity contribution in [2.75, 3.05) is 27.7 Å². The van der Waals surface area contributed by atoms with Gasteiger partial charge in [0.05, 0.1) is 27.6 Å². The zero-order valence-corrected chi connectivity index (χ0v) is 18.5. The number of quaternary nitrogens is 1. The topological polar surface area (TPSA) is 63.6 Å². The largest absolute Gasteiger partial charge is 0.481 e. The van der Waals surface area contributed by atoms with Crippen molar-refractivity contribution in [3.05, 3.63) is 24.3 Å². The van der Waals surface area contributed by atoms with Crippen LogP contribution in [0.1, 0.15) is 77.6 Å². The number of unbranched alkanes of at least 4 members (excludes halogenated alkanes) is 6. The second kappa shape index (κ2) is 16.3. The van der Waals surface area contributed by atoms with E-state index >= 15 is 0 Å². The van der Waals surface area contributed by atoms with Crippen LogP contribution in [-0.2, 0) is 14.3 Å². The maximum absolute atomic E-state index is 12.0. The molecular formula is C23H42NO4+. The third-order valence-electron chi connectivity index (χ3n) is 4.28. The number of carbonyl (C=O) groups excluding carboxylic acids is 1. The van der Waals surface area contributed by atoms with Gasteiger partial charge in [-0.2, -0.15) is 0 Å². The minimum absolute atomic E-state index is 0.143. The lowest BCUT2D eigenvalue weighted by Gasteiger charge is -2.28. The summed E-state index contributed by atoms with van der Waals surface area (Å²) in [4.78, 5) is 22.9. The minimum atomic E-state index is -0.939. The standard InChI is InChI=1S/C23H41NO4/c1-5-6-7-8-9-10-11-12-13-14-15-16-17-18-23(27)28-21(19-22(25)26)20-24(2,3)4/h10-11,13-14,21H,5-9,12,15-20H2,1-4H3/p+1/b11-10+,14-13+. The predicted molar refractivity (Wildman–Crippen MR) is 115 cm³/mol. The first-order valence-corrected chi connectivity index (χ1v) is 10.8. The minimum Gasteiger partial charge on any atom is -0.481 e. The summed E-state index contributed by atoms with van der Waals surface area (Å²) in [5, 5.41) is 8.98. The lowest BCUT2D eigenvalue weighted by atomic mass is 10.1. The fraction of sp³-hybridized carbons (Fsp3) is 0.739. The Morgan fingerprint density at radius 1 is 0.929 bits per heavy atom. The van der Waals surface area contributed by atoms with Gasteiger partial charge in [0.2, 0.25) is 0 Å². The van der Waals surface area contributed by atoms with Crippen molar-refractivity contribution in [2.24, 2.45) is 0 Å². The molecule has 0 saturated carbocycles. The van der Waals surface area contributed by atoms with Gasteiger partial charge in [-0.15, -0.1) is 0 Å². The number of nitrogens with zero attached hydrogens (tertiary/aromatic N) is 1. The van der Waals surface area contributed by atoms with Crippen LogP contribution >= 0.6 is 0 Å². The second-order valence-corrected chi connectivity index (χ2v) is 8.46. The highest BCUT2D eigenvalue weighted by atomic mass is 16.5. The van der Waals surface area contributed by atoms with Gasteiger partial charge in [-0.25, -0.2) is 0 Å². The molecule has 0 fully saturated rings. The maximum Gasteiger partial charge on any atom is 0.307 e. The number of rotatable bonds is 17. The summed E-state index contributed by atoms with van der Waals surface area (Å²) >= 11 is 0. The van der Waals surface area contributed by atoms with Gasteiger partial charge in [-0.1, -0.05) is 50.5 Å². The molecule has 0 aliphatic rings. The summed E-state index contributed by atoms with van der Waals surface area (Å²) in [6.07, 6.45) is 18.5. The van der Waals surface area contributed by atoms with Crippen molar-refractivity contribution in [1.82, 2.24) is 0 Å². The van der Waals surface area contributed by atoms with Crippen molar-refractivity contribution >= 4 is 11.9 Å². The zero-order chi connectivity index (χ0) is 21.3. The summed E-state index contributed by atoms with van der Waals surface area (Å²) in [6, 6.07) is 0. The summed E-state index contributed by atoms with van der Waals surface area (Å²) < 4.78 is 5.94. The highest BCUT2D eigenvalue weighted by Crippen LogP contribution is 2.09. The molecule has 5 heteroatoms. The molecule has 0 spiro atoms. The van der Waals surface area contributed by atoms with Gasteiger partial charge in [0.15, 0.2) is 6.10 Å². The fourth-order valence-corrected chi connectivity index (χ4v) is 2.92. The molecule has 5 nitrogen and oxygen atoms in total. The summed E-state index contributed by atoms with van der Waals surface area (Å²) in [5.74, 6) is -1.24. The van der Waals surface area contributed by atoms with Crippen LogP contribution in [0, 0.1) is 0 Å². The van der Waals surface area contributed by atoms with E-state index in [-0.39, 0.29) is 12.4 Å². The Morgan fingerprint density at radius 3 is 2.07 bits per heavy atom. The molecule has 0 saturated heterocycles. The number of aliphatic carboxylic acids is 1. The van der Waals surface area contributed by atoms with Gasteiger partial charge in [0.25, 0.3) is 0 Å². The molecule has 1 unspecified atom stereocenters. The molecule has 0 amide bonds. The Hall–Kier alpha value is -1.62. The van der Waals surface area contributed by atoms with Gasteiger partial charge in [-0.3, -0.25) is 9.59 Å². The van der Waals surface area contributed by atoms with Crippen molar-refractivity contribution in [3.8, 4) is 0 Å². The summed E-state index contributed by atoms with van der Waals surface area (Å²) in [6.45, 7) is 2.72. The van der Waals surface area contributed by atoms with Crippen molar-refractivity contribution < 1.29 is 23.9 Å². The van der Waals surface area contributed by atoms with E-state index in [4.69, 9.17) is 9.84 Å². The third kappa shape index (κ3) is 19.2. The Balaban J connectivity index is 3.84. The number of carbonyl (C=O) groups is 2. The number of allylic oxidation sites excluding steroid dienone is 4. The van der Waals surface area contributed by atoms with E-state index in [0.717, 1.165) is 25.7 Å². The maximum atomic E-state index is 12.0. The number of ether oxygens (including phenoxy) is 1. The summed E-state index contributed by atoms with van der Waals surface area (Å²) in [5.41, 5.74) is 0. The first-order chi connectivity index (χ1) is 13.2. The molecule has 1 N–H and O–H groups in total. The average Bonchev–Trinajstić information content (AvgIpc) is 2.56. The van der Waals surface area contributed by atoms with Crippen LogP contribution in [-0.4, -0.2) is 55.3 Å². The molecule has 0 aromatic carbocycles. The molecule has 0 rings (SSSR count). The van der Waals surface area contributed by atoms with Gasteiger partial charge in [-0.05, 0) is 38.5 Å². The van der Waals surface area contributed by atoms with Crippen LogP contribution in [0.25, 0.3) is 0 Å². The van der Waals surface area contributed by atoms with Crippen LogP contribution in [0.2, 0.25) is 0 Å². The quantitative estimate of drug-likeness (QED) is 0.161. The molecular weight excluding hydrogens is 354 g/mol. The van der Waals surface area contributed by atoms with Crippen molar-refractivity contribution in [1.29, 1.82) is 0 Å². The second-order valence-electron chi connectivity index (χ2n) is 8.46. The molecule has 0 heterocycles. The van der Waals surface area contributed by atoms with E-state index in [1.54, 1.807) is 0 Å². The number of hydrogen-bond donors (Lipinski definition) is 1. The number of likely N-dealkylation sites (N-methyl/N-ethyl adjacent to an activating group) is 1. The van der Waals surface area contributed by atoms with E-state index in [1.165, 1.54) is 32.1 Å². The Labute approximate surface area is 172 Å². The van der Waals surface area contributed by atoms with E-state index in [2.05, 4.69) is 31.2 Å². The lowest BCUT2D eigenvalue weighted by Crippen LogP contribution is -2.43. The Morgan fingerprint density at radius 2 is 1.54 bits per heavy atom. The van der Waals surface area contributed by atoms with Crippen LogP contribution in [0.3, 0.4) is 0 Å². The van der Waals surface area contributed by atoms with Crippen molar-refractivity contribution in [2.45, 2.75) is 83.7 Å². The smallest absolute Gasteiger partial charge is 0.307 e. The SMILES string of the molecule is CCCCCC/C=C/C/C=C/CCCCC(=O)OC(CC(=O)O)C[N+](C)(C)C. The molecule has 162 valence electrons. The van der Waals surface area contributed by atoms with E-state index in [0.29, 0.717) is 17.4 Å². The highest BCUT2D eigenvalue weighted by molar-refractivity contribution is 5.71. The van der Waals surface area contributed by atoms with Crippen LogP contribution in [0.5, 0.6) is 0 Å². The van der Waals surface area contributed by atoms with Crippen LogP contribution in [0.15, 0.2) is 24.3 Å². The number of carboxylic acids is 1.